The first-order chi connectivity index (χ1) is 10.9. The summed E-state index contributed by atoms with van der Waals surface area (Å²) in [7, 11) is -3.41. The van der Waals surface area contributed by atoms with Crippen molar-refractivity contribution in [3.63, 3.8) is 0 Å². The van der Waals surface area contributed by atoms with E-state index >= 15 is 0 Å². The Kier molecular flexibility index (Phi) is 9.56. The topological polar surface area (TPSA) is 59.2 Å². The molecule has 0 radical (unpaired) electrons. The molecule has 5 heteroatoms. The number of nitrogens with one attached hydrogen (secondary N) is 1. The zero-order chi connectivity index (χ0) is 17.1. The molecule has 23 heavy (non-hydrogen) atoms. The Morgan fingerprint density at radius 1 is 1.00 bits per heavy atom. The third kappa shape index (κ3) is 9.16. The van der Waals surface area contributed by atoms with Crippen LogP contribution in [0.3, 0.4) is 0 Å². The first-order valence-electron chi connectivity index (χ1n) is 8.97. The highest BCUT2D eigenvalue weighted by molar-refractivity contribution is 7.86. The highest BCUT2D eigenvalue weighted by Gasteiger charge is 2.13. The van der Waals surface area contributed by atoms with E-state index in [4.69, 9.17) is 4.18 Å². The van der Waals surface area contributed by atoms with E-state index in [1.807, 2.05) is 19.9 Å². The SMILES string of the molecule is CCCCCCCCCCOS(=O)(=O)CCc1cc(C)[nH]c1C. The number of hydrogen-bond acceptors (Lipinski definition) is 3. The minimum atomic E-state index is -3.41. The van der Waals surface area contributed by atoms with E-state index in [9.17, 15) is 8.42 Å². The Balaban J connectivity index is 2.10. The van der Waals surface area contributed by atoms with E-state index in [1.165, 1.54) is 38.5 Å². The summed E-state index contributed by atoms with van der Waals surface area (Å²) in [6.07, 6.45) is 10.0. The number of rotatable bonds is 13. The molecule has 0 bridgehead atoms. The van der Waals surface area contributed by atoms with Crippen molar-refractivity contribution < 1.29 is 12.6 Å². The average Bonchev–Trinajstić information content (AvgIpc) is 2.81. The van der Waals surface area contributed by atoms with Crippen molar-refractivity contribution in [1.82, 2.24) is 4.98 Å². The molecule has 1 rings (SSSR count). The highest BCUT2D eigenvalue weighted by atomic mass is 32.2. The van der Waals surface area contributed by atoms with Gasteiger partial charge in [0.15, 0.2) is 0 Å². The lowest BCUT2D eigenvalue weighted by molar-refractivity contribution is 0.306. The third-order valence-electron chi connectivity index (χ3n) is 4.14. The van der Waals surface area contributed by atoms with Gasteiger partial charge in [0.1, 0.15) is 0 Å². The van der Waals surface area contributed by atoms with Crippen molar-refractivity contribution in [2.75, 3.05) is 12.4 Å². The molecule has 0 unspecified atom stereocenters. The van der Waals surface area contributed by atoms with Crippen LogP contribution in [-0.2, 0) is 20.7 Å². The molecule has 134 valence electrons. The summed E-state index contributed by atoms with van der Waals surface area (Å²) in [5.41, 5.74) is 3.16. The van der Waals surface area contributed by atoms with Crippen LogP contribution in [0, 0.1) is 13.8 Å². The van der Waals surface area contributed by atoms with Gasteiger partial charge in [-0.2, -0.15) is 8.42 Å². The molecule has 0 atom stereocenters. The lowest BCUT2D eigenvalue weighted by Gasteiger charge is -2.06. The smallest absolute Gasteiger partial charge is 0.267 e. The van der Waals surface area contributed by atoms with Gasteiger partial charge in [0, 0.05) is 11.4 Å². The Hall–Kier alpha value is -0.810. The molecule has 0 saturated heterocycles. The molecule has 0 spiro atoms. The number of aryl methyl sites for hydroxylation is 3. The first-order valence-corrected chi connectivity index (χ1v) is 10.5. The number of hydrogen-bond donors (Lipinski definition) is 1. The molecule has 4 nitrogen and oxygen atoms in total. The minimum Gasteiger partial charge on any atom is -0.362 e. The van der Waals surface area contributed by atoms with Crippen LogP contribution in [0.1, 0.15) is 75.2 Å². The van der Waals surface area contributed by atoms with Crippen LogP contribution in [0.15, 0.2) is 6.07 Å². The summed E-state index contributed by atoms with van der Waals surface area (Å²) in [5, 5.41) is 0. The van der Waals surface area contributed by atoms with E-state index in [0.29, 0.717) is 13.0 Å². The second kappa shape index (κ2) is 10.9. The number of aromatic amines is 1. The monoisotopic (exact) mass is 343 g/mol. The maximum atomic E-state index is 11.9. The maximum absolute atomic E-state index is 11.9. The standard InChI is InChI=1S/C18H33NO3S/c1-4-5-6-7-8-9-10-11-13-22-23(20,21)14-12-18-15-16(2)19-17(18)3/h15,19H,4-14H2,1-3H3. The normalized spacial score (nSPS) is 12.0. The van der Waals surface area contributed by atoms with Crippen LogP contribution < -0.4 is 0 Å². The fourth-order valence-electron chi connectivity index (χ4n) is 2.76. The van der Waals surface area contributed by atoms with E-state index in [0.717, 1.165) is 29.8 Å². The predicted molar refractivity (Wildman–Crippen MR) is 96.3 cm³/mol. The lowest BCUT2D eigenvalue weighted by Crippen LogP contribution is -2.13. The van der Waals surface area contributed by atoms with Gasteiger partial charge in [-0.15, -0.1) is 0 Å². The zero-order valence-electron chi connectivity index (χ0n) is 15.0. The highest BCUT2D eigenvalue weighted by Crippen LogP contribution is 2.12. The quantitative estimate of drug-likeness (QED) is 0.418. The average molecular weight is 344 g/mol. The van der Waals surface area contributed by atoms with Crippen LogP contribution in [-0.4, -0.2) is 25.8 Å². The molecule has 0 aliphatic carbocycles. The predicted octanol–water partition coefficient (Wildman–Crippen LogP) is 4.66. The molecule has 0 saturated carbocycles. The zero-order valence-corrected chi connectivity index (χ0v) is 15.8. The van der Waals surface area contributed by atoms with Crippen LogP contribution >= 0.6 is 0 Å². The van der Waals surface area contributed by atoms with Gasteiger partial charge in [0.2, 0.25) is 0 Å². The van der Waals surface area contributed by atoms with Gasteiger partial charge in [-0.25, -0.2) is 0 Å². The van der Waals surface area contributed by atoms with Gasteiger partial charge < -0.3 is 4.98 Å². The number of H-pyrrole nitrogens is 1. The minimum absolute atomic E-state index is 0.0577. The van der Waals surface area contributed by atoms with E-state index < -0.39 is 10.1 Å². The summed E-state index contributed by atoms with van der Waals surface area (Å²) in [5.74, 6) is 0.0577. The van der Waals surface area contributed by atoms with E-state index in [1.54, 1.807) is 0 Å². The van der Waals surface area contributed by atoms with Crippen molar-refractivity contribution in [3.05, 3.63) is 23.0 Å². The first kappa shape index (κ1) is 20.2. The fourth-order valence-corrected chi connectivity index (χ4v) is 3.72. The Bertz CT molecular complexity index is 534. The van der Waals surface area contributed by atoms with Crippen LogP contribution in [0.5, 0.6) is 0 Å². The van der Waals surface area contributed by atoms with Gasteiger partial charge in [-0.3, -0.25) is 4.18 Å². The molecule has 0 amide bonds. The number of unbranched alkanes of at least 4 members (excludes halogenated alkanes) is 7. The van der Waals surface area contributed by atoms with Crippen molar-refractivity contribution in [2.45, 2.75) is 78.6 Å². The van der Waals surface area contributed by atoms with Crippen molar-refractivity contribution in [1.29, 1.82) is 0 Å². The Morgan fingerprint density at radius 3 is 2.17 bits per heavy atom. The van der Waals surface area contributed by atoms with Crippen molar-refractivity contribution in [2.24, 2.45) is 0 Å². The maximum Gasteiger partial charge on any atom is 0.267 e. The second-order valence-corrected chi connectivity index (χ2v) is 8.17. The van der Waals surface area contributed by atoms with Crippen LogP contribution in [0.4, 0.5) is 0 Å². The summed E-state index contributed by atoms with van der Waals surface area (Å²) in [6.45, 7) is 6.48. The summed E-state index contributed by atoms with van der Waals surface area (Å²) in [6, 6.07) is 2.00. The van der Waals surface area contributed by atoms with Crippen molar-refractivity contribution in [3.8, 4) is 0 Å². The fraction of sp³-hybridized carbons (Fsp3) is 0.778. The van der Waals surface area contributed by atoms with Gasteiger partial charge in [-0.1, -0.05) is 51.9 Å². The van der Waals surface area contributed by atoms with Gasteiger partial charge in [0.25, 0.3) is 10.1 Å². The molecule has 1 N–H and O–H groups in total. The van der Waals surface area contributed by atoms with Crippen molar-refractivity contribution >= 4 is 10.1 Å². The lowest BCUT2D eigenvalue weighted by atomic mass is 10.1. The Morgan fingerprint density at radius 2 is 1.61 bits per heavy atom. The summed E-state index contributed by atoms with van der Waals surface area (Å²) in [4.78, 5) is 3.19. The second-order valence-electron chi connectivity index (χ2n) is 6.41. The molecule has 1 aromatic rings. The molecule has 0 aromatic carbocycles. The summed E-state index contributed by atoms with van der Waals surface area (Å²) >= 11 is 0. The van der Waals surface area contributed by atoms with Crippen LogP contribution in [0.25, 0.3) is 0 Å². The van der Waals surface area contributed by atoms with Gasteiger partial charge in [-0.05, 0) is 38.3 Å². The molecular weight excluding hydrogens is 310 g/mol. The van der Waals surface area contributed by atoms with E-state index in [-0.39, 0.29) is 5.75 Å². The number of aromatic nitrogens is 1. The molecular formula is C18H33NO3S. The van der Waals surface area contributed by atoms with Crippen LogP contribution in [0.2, 0.25) is 0 Å². The third-order valence-corrected chi connectivity index (χ3v) is 5.37. The van der Waals surface area contributed by atoms with Gasteiger partial charge >= 0.3 is 0 Å². The Labute approximate surface area is 142 Å². The molecule has 0 fully saturated rings. The van der Waals surface area contributed by atoms with E-state index in [2.05, 4.69) is 11.9 Å². The molecule has 0 aliphatic heterocycles. The largest absolute Gasteiger partial charge is 0.362 e. The summed E-state index contributed by atoms with van der Waals surface area (Å²) < 4.78 is 28.9. The van der Waals surface area contributed by atoms with Gasteiger partial charge in [0.05, 0.1) is 12.4 Å². The molecule has 1 aromatic heterocycles. The molecule has 0 aliphatic rings. The molecule has 1 heterocycles.